The average molecular weight is 232 g/mol. The molecule has 1 heterocycles. The van der Waals surface area contributed by atoms with E-state index in [1.807, 2.05) is 0 Å². The van der Waals surface area contributed by atoms with Crippen LogP contribution in [0.15, 0.2) is 12.1 Å². The summed E-state index contributed by atoms with van der Waals surface area (Å²) < 4.78 is 0. The van der Waals surface area contributed by atoms with E-state index in [1.54, 1.807) is 0 Å². The van der Waals surface area contributed by atoms with Crippen molar-refractivity contribution in [3.63, 3.8) is 0 Å². The van der Waals surface area contributed by atoms with Gasteiger partial charge in [-0.15, -0.1) is 0 Å². The number of piperazine rings is 1. The number of likely N-dealkylation sites (N-methyl/N-ethyl adjacent to an activating group) is 2. The van der Waals surface area contributed by atoms with Crippen molar-refractivity contribution in [3.8, 4) is 0 Å². The molecule has 0 saturated carbocycles. The minimum atomic E-state index is 0.549. The first-order valence-corrected chi connectivity index (χ1v) is 6.46. The van der Waals surface area contributed by atoms with Gasteiger partial charge >= 0.3 is 0 Å². The number of nitrogens with zero attached hydrogens (tertiary/aromatic N) is 2. The minimum Gasteiger partial charge on any atom is -0.303 e. The molecule has 0 aromatic heterocycles. The van der Waals surface area contributed by atoms with E-state index in [0.29, 0.717) is 6.04 Å². The van der Waals surface area contributed by atoms with Gasteiger partial charge in [-0.1, -0.05) is 12.1 Å². The molecule has 0 amide bonds. The first-order valence-electron chi connectivity index (χ1n) is 6.46. The zero-order valence-corrected chi connectivity index (χ0v) is 11.7. The fraction of sp³-hybridized carbons (Fsp3) is 0.600. The summed E-state index contributed by atoms with van der Waals surface area (Å²) in [6, 6.07) is 5.13. The number of rotatable bonds is 1. The van der Waals surface area contributed by atoms with Crippen molar-refractivity contribution in [3.05, 3.63) is 34.4 Å². The molecule has 1 aliphatic heterocycles. The Morgan fingerprint density at radius 1 is 1.00 bits per heavy atom. The molecule has 2 nitrogen and oxygen atoms in total. The predicted molar refractivity (Wildman–Crippen MR) is 73.5 cm³/mol. The topological polar surface area (TPSA) is 6.48 Å². The number of hydrogen-bond donors (Lipinski definition) is 0. The lowest BCUT2D eigenvalue weighted by Gasteiger charge is -2.39. The SMILES string of the molecule is Cc1ccc(C2CN(C)CCN2C)c(C)c1C. The maximum Gasteiger partial charge on any atom is 0.0475 e. The molecule has 17 heavy (non-hydrogen) atoms. The summed E-state index contributed by atoms with van der Waals surface area (Å²) in [4.78, 5) is 4.91. The molecule has 0 aliphatic carbocycles. The first kappa shape index (κ1) is 12.6. The molecule has 2 rings (SSSR count). The van der Waals surface area contributed by atoms with Crippen LogP contribution in [0.1, 0.15) is 28.3 Å². The van der Waals surface area contributed by atoms with E-state index >= 15 is 0 Å². The average Bonchev–Trinajstić information content (AvgIpc) is 2.30. The van der Waals surface area contributed by atoms with Crippen molar-refractivity contribution < 1.29 is 0 Å². The number of aryl methyl sites for hydroxylation is 1. The third kappa shape index (κ3) is 2.38. The van der Waals surface area contributed by atoms with E-state index in [-0.39, 0.29) is 0 Å². The van der Waals surface area contributed by atoms with Gasteiger partial charge in [0.25, 0.3) is 0 Å². The Kier molecular flexibility index (Phi) is 3.55. The van der Waals surface area contributed by atoms with Gasteiger partial charge in [0, 0.05) is 25.7 Å². The van der Waals surface area contributed by atoms with Crippen LogP contribution in [0.25, 0.3) is 0 Å². The second-order valence-corrected chi connectivity index (χ2v) is 5.48. The molecular formula is C15H24N2. The first-order chi connectivity index (χ1) is 8.00. The summed E-state index contributed by atoms with van der Waals surface area (Å²) in [7, 11) is 4.46. The summed E-state index contributed by atoms with van der Waals surface area (Å²) in [5.74, 6) is 0. The maximum absolute atomic E-state index is 2.48. The maximum atomic E-state index is 2.48. The molecular weight excluding hydrogens is 208 g/mol. The highest BCUT2D eigenvalue weighted by Gasteiger charge is 2.25. The number of hydrogen-bond acceptors (Lipinski definition) is 2. The van der Waals surface area contributed by atoms with Gasteiger partial charge in [-0.2, -0.15) is 0 Å². The highest BCUT2D eigenvalue weighted by Crippen LogP contribution is 2.28. The van der Waals surface area contributed by atoms with Gasteiger partial charge in [-0.25, -0.2) is 0 Å². The zero-order valence-electron chi connectivity index (χ0n) is 11.7. The van der Waals surface area contributed by atoms with E-state index in [1.165, 1.54) is 28.8 Å². The van der Waals surface area contributed by atoms with E-state index in [0.717, 1.165) is 13.1 Å². The molecule has 0 radical (unpaired) electrons. The van der Waals surface area contributed by atoms with Gasteiger partial charge in [0.15, 0.2) is 0 Å². The van der Waals surface area contributed by atoms with Crippen LogP contribution in [-0.2, 0) is 0 Å². The van der Waals surface area contributed by atoms with Crippen LogP contribution >= 0.6 is 0 Å². The molecule has 0 N–H and O–H groups in total. The van der Waals surface area contributed by atoms with Crippen LogP contribution < -0.4 is 0 Å². The molecule has 1 unspecified atom stereocenters. The Morgan fingerprint density at radius 2 is 1.71 bits per heavy atom. The van der Waals surface area contributed by atoms with Gasteiger partial charge < -0.3 is 4.90 Å². The Bertz CT molecular complexity index is 412. The summed E-state index contributed by atoms with van der Waals surface area (Å²) in [6.45, 7) is 10.2. The molecule has 1 aromatic rings. The monoisotopic (exact) mass is 232 g/mol. The largest absolute Gasteiger partial charge is 0.303 e. The Hall–Kier alpha value is -0.860. The molecule has 2 heteroatoms. The highest BCUT2D eigenvalue weighted by molar-refractivity contribution is 5.40. The van der Waals surface area contributed by atoms with Crippen molar-refractivity contribution in [1.29, 1.82) is 0 Å². The smallest absolute Gasteiger partial charge is 0.0475 e. The van der Waals surface area contributed by atoms with Crippen molar-refractivity contribution in [2.45, 2.75) is 26.8 Å². The molecule has 0 spiro atoms. The molecule has 1 aromatic carbocycles. The van der Waals surface area contributed by atoms with Gasteiger partial charge in [0.2, 0.25) is 0 Å². The van der Waals surface area contributed by atoms with E-state index in [4.69, 9.17) is 0 Å². The Morgan fingerprint density at radius 3 is 2.41 bits per heavy atom. The summed E-state index contributed by atoms with van der Waals surface area (Å²) in [5.41, 5.74) is 5.82. The Labute approximate surface area is 105 Å². The van der Waals surface area contributed by atoms with Crippen molar-refractivity contribution in [2.24, 2.45) is 0 Å². The molecule has 1 atom stereocenters. The standard InChI is InChI=1S/C15H24N2/c1-11-6-7-14(13(3)12(11)2)15-10-16(4)8-9-17(15)5/h6-7,15H,8-10H2,1-5H3. The van der Waals surface area contributed by atoms with Gasteiger partial charge in [0.05, 0.1) is 0 Å². The molecule has 94 valence electrons. The van der Waals surface area contributed by atoms with Crippen LogP contribution in [0.3, 0.4) is 0 Å². The number of benzene rings is 1. The second-order valence-electron chi connectivity index (χ2n) is 5.48. The fourth-order valence-electron chi connectivity index (χ4n) is 2.68. The van der Waals surface area contributed by atoms with E-state index < -0.39 is 0 Å². The predicted octanol–water partition coefficient (Wildman–Crippen LogP) is 2.53. The third-order valence-electron chi connectivity index (χ3n) is 4.31. The van der Waals surface area contributed by atoms with Crippen molar-refractivity contribution in [2.75, 3.05) is 33.7 Å². The third-order valence-corrected chi connectivity index (χ3v) is 4.31. The van der Waals surface area contributed by atoms with Crippen molar-refractivity contribution in [1.82, 2.24) is 9.80 Å². The van der Waals surface area contributed by atoms with E-state index in [9.17, 15) is 0 Å². The van der Waals surface area contributed by atoms with Crippen LogP contribution in [0.5, 0.6) is 0 Å². The van der Waals surface area contributed by atoms with Crippen LogP contribution in [0.4, 0.5) is 0 Å². The highest BCUT2D eigenvalue weighted by atomic mass is 15.3. The quantitative estimate of drug-likeness (QED) is 0.734. The van der Waals surface area contributed by atoms with Crippen LogP contribution in [0.2, 0.25) is 0 Å². The second kappa shape index (κ2) is 4.79. The molecule has 1 fully saturated rings. The minimum absolute atomic E-state index is 0.549. The lowest BCUT2D eigenvalue weighted by molar-refractivity contribution is 0.114. The van der Waals surface area contributed by atoms with Crippen molar-refractivity contribution >= 4 is 0 Å². The lowest BCUT2D eigenvalue weighted by Crippen LogP contribution is -2.45. The molecule has 1 aliphatic rings. The van der Waals surface area contributed by atoms with Gasteiger partial charge in [-0.05, 0) is 57.1 Å². The summed E-state index contributed by atoms with van der Waals surface area (Å²) in [5, 5.41) is 0. The summed E-state index contributed by atoms with van der Waals surface area (Å²) in [6.07, 6.45) is 0. The fourth-order valence-corrected chi connectivity index (χ4v) is 2.68. The molecule has 0 bridgehead atoms. The van der Waals surface area contributed by atoms with E-state index in [2.05, 4.69) is 56.8 Å². The van der Waals surface area contributed by atoms with Gasteiger partial charge in [-0.3, -0.25) is 4.90 Å². The Balaban J connectivity index is 2.36. The lowest BCUT2D eigenvalue weighted by atomic mass is 9.92. The molecule has 1 saturated heterocycles. The van der Waals surface area contributed by atoms with Crippen LogP contribution in [0, 0.1) is 20.8 Å². The van der Waals surface area contributed by atoms with Crippen LogP contribution in [-0.4, -0.2) is 43.5 Å². The zero-order chi connectivity index (χ0) is 12.6. The van der Waals surface area contributed by atoms with Gasteiger partial charge in [0.1, 0.15) is 0 Å². The summed E-state index contributed by atoms with van der Waals surface area (Å²) >= 11 is 0. The normalized spacial score (nSPS) is 23.0.